The first-order valence-electron chi connectivity index (χ1n) is 12.6. The lowest BCUT2D eigenvalue weighted by Gasteiger charge is -2.41. The Balaban J connectivity index is 1.62. The first kappa shape index (κ1) is 26.2. The predicted octanol–water partition coefficient (Wildman–Crippen LogP) is 4.82. The lowest BCUT2D eigenvalue weighted by molar-refractivity contribution is 0.122. The monoisotopic (exact) mass is 496 g/mol. The third-order valence-electron chi connectivity index (χ3n) is 7.32. The zero-order chi connectivity index (χ0) is 26.1. The van der Waals surface area contributed by atoms with Crippen LogP contribution in [0.5, 0.6) is 0 Å². The summed E-state index contributed by atoms with van der Waals surface area (Å²) in [6.07, 6.45) is 3.89. The number of halogens is 2. The molecule has 3 aromatic rings. The largest absolute Gasteiger partial charge is 0.389 e. The second-order valence-corrected chi connectivity index (χ2v) is 11.0. The van der Waals surface area contributed by atoms with E-state index in [4.69, 9.17) is 0 Å². The third-order valence-corrected chi connectivity index (χ3v) is 7.32. The summed E-state index contributed by atoms with van der Waals surface area (Å²) < 4.78 is 28.0. The van der Waals surface area contributed by atoms with Crippen LogP contribution in [0, 0.1) is 11.6 Å². The number of hydrogen-bond acceptors (Lipinski definition) is 5. The minimum atomic E-state index is -1.14. The van der Waals surface area contributed by atoms with E-state index in [-0.39, 0.29) is 28.7 Å². The molecule has 4 rings (SSSR count). The van der Waals surface area contributed by atoms with E-state index < -0.39 is 34.6 Å². The number of hydrogen-bond donors (Lipinski definition) is 3. The Morgan fingerprint density at radius 3 is 2.22 bits per heavy atom. The van der Waals surface area contributed by atoms with Crippen molar-refractivity contribution in [1.29, 1.82) is 0 Å². The van der Waals surface area contributed by atoms with Crippen LogP contribution in [-0.2, 0) is 11.0 Å². The Labute approximate surface area is 210 Å². The van der Waals surface area contributed by atoms with Gasteiger partial charge in [0.15, 0.2) is 0 Å². The van der Waals surface area contributed by atoms with Crippen molar-refractivity contribution in [3.63, 3.8) is 0 Å². The van der Waals surface area contributed by atoms with Gasteiger partial charge in [-0.2, -0.15) is 0 Å². The molecule has 0 saturated heterocycles. The number of aliphatic hydroxyl groups is 1. The van der Waals surface area contributed by atoms with Gasteiger partial charge < -0.3 is 15.7 Å². The first-order chi connectivity index (χ1) is 17.0. The van der Waals surface area contributed by atoms with Crippen molar-refractivity contribution < 1.29 is 13.9 Å². The van der Waals surface area contributed by atoms with Gasteiger partial charge in [-0.1, -0.05) is 64.3 Å². The molecular weight excluding hydrogens is 462 g/mol. The van der Waals surface area contributed by atoms with Gasteiger partial charge in [-0.3, -0.25) is 9.59 Å². The van der Waals surface area contributed by atoms with E-state index in [1.165, 1.54) is 5.56 Å². The smallest absolute Gasteiger partial charge is 0.248 e. The molecule has 1 saturated carbocycles. The minimum Gasteiger partial charge on any atom is -0.389 e. The summed E-state index contributed by atoms with van der Waals surface area (Å²) in [4.78, 5) is 23.3. The molecule has 1 fully saturated rings. The van der Waals surface area contributed by atoms with Crippen molar-refractivity contribution >= 4 is 5.69 Å². The molecule has 3 aromatic carbocycles. The Morgan fingerprint density at radius 2 is 1.64 bits per heavy atom. The molecule has 1 aliphatic rings. The molecule has 2 unspecified atom stereocenters. The molecule has 0 heterocycles. The van der Waals surface area contributed by atoms with Crippen LogP contribution in [0.1, 0.15) is 75.6 Å². The molecule has 0 aliphatic heterocycles. The van der Waals surface area contributed by atoms with Crippen molar-refractivity contribution in [3.05, 3.63) is 97.3 Å². The fourth-order valence-electron chi connectivity index (χ4n) is 5.17. The highest BCUT2D eigenvalue weighted by Gasteiger charge is 2.36. The maximum atomic E-state index is 14.0. The van der Waals surface area contributed by atoms with E-state index in [2.05, 4.69) is 55.7 Å². The molecule has 2 atom stereocenters. The SMILES string of the molecule is CC(C)(C)c1cccc(C2(NCC(O)C(Nc3cc(=O)c3=O)c3cc(F)cc(F)c3)CCCCC2)c1. The zero-order valence-corrected chi connectivity index (χ0v) is 21.0. The van der Waals surface area contributed by atoms with E-state index in [0.717, 1.165) is 61.9 Å². The molecule has 36 heavy (non-hydrogen) atoms. The maximum Gasteiger partial charge on any atom is 0.248 e. The second kappa shape index (κ2) is 10.2. The third kappa shape index (κ3) is 5.57. The summed E-state index contributed by atoms with van der Waals surface area (Å²) in [5, 5.41) is 17.7. The molecule has 0 bridgehead atoms. The average molecular weight is 497 g/mol. The normalized spacial score (nSPS) is 17.6. The maximum absolute atomic E-state index is 14.0. The average Bonchev–Trinajstić information content (AvgIpc) is 2.84. The quantitative estimate of drug-likeness (QED) is 0.390. The molecule has 0 amide bonds. The summed E-state index contributed by atoms with van der Waals surface area (Å²) >= 11 is 0. The molecule has 192 valence electrons. The molecule has 0 radical (unpaired) electrons. The van der Waals surface area contributed by atoms with Crippen molar-refractivity contribution in [1.82, 2.24) is 5.32 Å². The summed E-state index contributed by atoms with van der Waals surface area (Å²) in [6.45, 7) is 6.64. The van der Waals surface area contributed by atoms with Crippen LogP contribution in [0.15, 0.2) is 58.1 Å². The Hall–Kier alpha value is -2.90. The fraction of sp³-hybridized carbons (Fsp3) is 0.448. The van der Waals surface area contributed by atoms with Gasteiger partial charge in [-0.15, -0.1) is 0 Å². The van der Waals surface area contributed by atoms with E-state index in [0.29, 0.717) is 0 Å². The van der Waals surface area contributed by atoms with E-state index in [1.807, 2.05) is 0 Å². The van der Waals surface area contributed by atoms with Gasteiger partial charge in [0.1, 0.15) is 11.6 Å². The molecule has 0 spiro atoms. The van der Waals surface area contributed by atoms with E-state index >= 15 is 0 Å². The lowest BCUT2D eigenvalue weighted by Crippen LogP contribution is -2.49. The summed E-state index contributed by atoms with van der Waals surface area (Å²) in [7, 11) is 0. The summed E-state index contributed by atoms with van der Waals surface area (Å²) in [5.74, 6) is -1.57. The van der Waals surface area contributed by atoms with Crippen molar-refractivity contribution in [2.45, 2.75) is 76.0 Å². The highest BCUT2D eigenvalue weighted by molar-refractivity contribution is 5.49. The van der Waals surface area contributed by atoms with Gasteiger partial charge in [0.05, 0.1) is 17.8 Å². The van der Waals surface area contributed by atoms with E-state index in [1.54, 1.807) is 0 Å². The number of benzene rings is 2. The minimum absolute atomic E-state index is 0.0116. The number of anilines is 1. The Morgan fingerprint density at radius 1 is 0.972 bits per heavy atom. The van der Waals surface area contributed by atoms with Crippen molar-refractivity contribution in [3.8, 4) is 0 Å². The highest BCUT2D eigenvalue weighted by atomic mass is 19.1. The van der Waals surface area contributed by atoms with Crippen LogP contribution in [0.25, 0.3) is 0 Å². The first-order valence-corrected chi connectivity index (χ1v) is 12.6. The number of aliphatic hydroxyl groups excluding tert-OH is 1. The summed E-state index contributed by atoms with van der Waals surface area (Å²) in [5.41, 5.74) is 0.852. The Kier molecular flexibility index (Phi) is 7.43. The van der Waals surface area contributed by atoms with Gasteiger partial charge in [0.25, 0.3) is 0 Å². The van der Waals surface area contributed by atoms with Crippen LogP contribution >= 0.6 is 0 Å². The zero-order valence-electron chi connectivity index (χ0n) is 21.0. The van der Waals surface area contributed by atoms with Crippen LogP contribution in [0.2, 0.25) is 0 Å². The predicted molar refractivity (Wildman–Crippen MR) is 138 cm³/mol. The van der Waals surface area contributed by atoms with Gasteiger partial charge in [0.2, 0.25) is 10.9 Å². The standard InChI is InChI=1S/C29H34F2N2O3/c1-28(2,3)19-8-7-9-20(14-19)29(10-5-4-6-11-29)32-17-25(35)26(33-23-16-24(34)27(23)36)18-12-21(30)15-22(31)13-18/h7-9,12-16,25-26,32-33,35H,4-6,10-11,17H2,1-3H3. The van der Waals surface area contributed by atoms with Crippen molar-refractivity contribution in [2.24, 2.45) is 0 Å². The van der Waals surface area contributed by atoms with Crippen LogP contribution in [-0.4, -0.2) is 17.8 Å². The molecule has 1 aliphatic carbocycles. The van der Waals surface area contributed by atoms with Gasteiger partial charge >= 0.3 is 0 Å². The number of rotatable bonds is 8. The molecule has 7 heteroatoms. The number of nitrogens with one attached hydrogen (secondary N) is 2. The molecule has 3 N–H and O–H groups in total. The Bertz CT molecular complexity index is 1260. The molecule has 0 aromatic heterocycles. The van der Waals surface area contributed by atoms with Gasteiger partial charge in [-0.25, -0.2) is 8.78 Å². The second-order valence-electron chi connectivity index (χ2n) is 11.0. The van der Waals surface area contributed by atoms with E-state index in [9.17, 15) is 23.5 Å². The fourth-order valence-corrected chi connectivity index (χ4v) is 5.17. The van der Waals surface area contributed by atoms with Gasteiger partial charge in [-0.05, 0) is 47.1 Å². The van der Waals surface area contributed by atoms with Crippen LogP contribution < -0.4 is 21.5 Å². The van der Waals surface area contributed by atoms with Crippen LogP contribution in [0.3, 0.4) is 0 Å². The lowest BCUT2D eigenvalue weighted by atomic mass is 9.74. The van der Waals surface area contributed by atoms with Crippen molar-refractivity contribution in [2.75, 3.05) is 11.9 Å². The highest BCUT2D eigenvalue weighted by Crippen LogP contribution is 2.39. The van der Waals surface area contributed by atoms with Crippen LogP contribution in [0.4, 0.5) is 14.5 Å². The molecular formula is C29H34F2N2O3. The topological polar surface area (TPSA) is 78.4 Å². The summed E-state index contributed by atoms with van der Waals surface area (Å²) in [6, 6.07) is 11.7. The van der Waals surface area contributed by atoms with Gasteiger partial charge in [0, 0.05) is 24.2 Å². The molecule has 5 nitrogen and oxygen atoms in total.